The van der Waals surface area contributed by atoms with E-state index < -0.39 is 6.10 Å². The van der Waals surface area contributed by atoms with Gasteiger partial charge in [-0.1, -0.05) is 27.7 Å². The molecule has 0 rings (SSSR count). The molecular weight excluding hydrogens is 140 g/mol. The number of rotatable bonds is 4. The fourth-order valence-corrected chi connectivity index (χ4v) is 0.678. The molecule has 0 unspecified atom stereocenters. The third-order valence-corrected chi connectivity index (χ3v) is 1.82. The van der Waals surface area contributed by atoms with Crippen molar-refractivity contribution >= 4 is 5.78 Å². The van der Waals surface area contributed by atoms with E-state index in [0.29, 0.717) is 6.42 Å². The average Bonchev–Trinajstić information content (AvgIpc) is 1.87. The lowest BCUT2D eigenvalue weighted by Gasteiger charge is -2.14. The first-order valence-corrected chi connectivity index (χ1v) is 4.16. The number of hydrogen-bond donors (Lipinski definition) is 1. The smallest absolute Gasteiger partial charge is 0.138 e. The minimum atomic E-state index is -0.468. The predicted octanol–water partition coefficient (Wildman–Crippen LogP) is 1.62. The third-order valence-electron chi connectivity index (χ3n) is 1.82. The van der Waals surface area contributed by atoms with E-state index in [1.54, 1.807) is 0 Å². The molecule has 66 valence electrons. The summed E-state index contributed by atoms with van der Waals surface area (Å²) in [6.07, 6.45) is -0.167. The van der Waals surface area contributed by atoms with Gasteiger partial charge in [-0.2, -0.15) is 0 Å². The van der Waals surface area contributed by atoms with Crippen LogP contribution in [0.15, 0.2) is 0 Å². The lowest BCUT2D eigenvalue weighted by molar-refractivity contribution is -0.124. The molecule has 0 radical (unpaired) electrons. The Morgan fingerprint density at radius 1 is 1.27 bits per heavy atom. The highest BCUT2D eigenvalue weighted by Crippen LogP contribution is 2.09. The molecule has 0 aromatic heterocycles. The molecule has 1 atom stereocenters. The molecule has 0 saturated heterocycles. The van der Waals surface area contributed by atoms with E-state index in [4.69, 9.17) is 0 Å². The minimum Gasteiger partial charge on any atom is -0.392 e. The molecule has 1 N–H and O–H groups in total. The molecule has 2 heteroatoms. The van der Waals surface area contributed by atoms with Crippen molar-refractivity contribution in [3.8, 4) is 0 Å². The van der Waals surface area contributed by atoms with E-state index in [2.05, 4.69) is 0 Å². The second-order valence-electron chi connectivity index (χ2n) is 3.64. The number of aliphatic hydroxyl groups is 1. The zero-order valence-corrected chi connectivity index (χ0v) is 7.79. The number of carbonyl (C=O) groups excluding carboxylic acids is 1. The van der Waals surface area contributed by atoms with Crippen molar-refractivity contribution in [1.82, 2.24) is 0 Å². The summed E-state index contributed by atoms with van der Waals surface area (Å²) >= 11 is 0. The largest absolute Gasteiger partial charge is 0.392 e. The van der Waals surface area contributed by atoms with Gasteiger partial charge in [0.05, 0.1) is 6.10 Å². The van der Waals surface area contributed by atoms with E-state index in [0.717, 1.165) is 0 Å². The van der Waals surface area contributed by atoms with Gasteiger partial charge in [0.1, 0.15) is 5.78 Å². The van der Waals surface area contributed by atoms with Crippen LogP contribution < -0.4 is 0 Å². The predicted molar refractivity (Wildman–Crippen MR) is 45.3 cm³/mol. The maximum atomic E-state index is 11.1. The summed E-state index contributed by atoms with van der Waals surface area (Å²) in [7, 11) is 0. The summed E-state index contributed by atoms with van der Waals surface area (Å²) in [5.74, 6) is 0.368. The van der Waals surface area contributed by atoms with Gasteiger partial charge in [-0.05, 0) is 5.92 Å². The molecule has 0 aliphatic carbocycles. The standard InChI is InChI=1S/C9H18O2/c1-6(2)8(10)5-9(11)7(3)4/h6-8,10H,5H2,1-4H3/t8-/m0/s1. The van der Waals surface area contributed by atoms with Crippen LogP contribution >= 0.6 is 0 Å². The molecule has 0 amide bonds. The van der Waals surface area contributed by atoms with Gasteiger partial charge >= 0.3 is 0 Å². The van der Waals surface area contributed by atoms with E-state index in [-0.39, 0.29) is 17.6 Å². The normalized spacial score (nSPS) is 14.1. The van der Waals surface area contributed by atoms with Crippen molar-refractivity contribution < 1.29 is 9.90 Å². The molecule has 0 fully saturated rings. The SMILES string of the molecule is CC(C)C(=O)C[C@H](O)C(C)C. The molecule has 11 heavy (non-hydrogen) atoms. The maximum Gasteiger partial charge on any atom is 0.138 e. The Kier molecular flexibility index (Phi) is 4.34. The molecule has 0 aliphatic rings. The van der Waals surface area contributed by atoms with Crippen molar-refractivity contribution in [2.45, 2.75) is 40.2 Å². The summed E-state index contributed by atoms with van der Waals surface area (Å²) in [6.45, 7) is 7.54. The van der Waals surface area contributed by atoms with Gasteiger partial charge in [-0.3, -0.25) is 4.79 Å². The van der Waals surface area contributed by atoms with E-state index >= 15 is 0 Å². The summed E-state index contributed by atoms with van der Waals surface area (Å²) < 4.78 is 0. The van der Waals surface area contributed by atoms with Gasteiger partial charge in [-0.25, -0.2) is 0 Å². The van der Waals surface area contributed by atoms with Crippen LogP contribution in [0.5, 0.6) is 0 Å². The molecule has 0 aliphatic heterocycles. The molecule has 0 heterocycles. The first-order valence-electron chi connectivity index (χ1n) is 4.16. The second kappa shape index (κ2) is 4.50. The first kappa shape index (κ1) is 10.6. The van der Waals surface area contributed by atoms with Gasteiger partial charge < -0.3 is 5.11 Å². The Morgan fingerprint density at radius 2 is 1.73 bits per heavy atom. The summed E-state index contributed by atoms with van der Waals surface area (Å²) in [6, 6.07) is 0. The molecule has 0 bridgehead atoms. The number of Topliss-reactive ketones (excluding diaryl/α,β-unsaturated/α-hetero) is 1. The van der Waals surface area contributed by atoms with Crippen LogP contribution in [0, 0.1) is 11.8 Å². The van der Waals surface area contributed by atoms with Gasteiger partial charge in [0.2, 0.25) is 0 Å². The van der Waals surface area contributed by atoms with Crippen molar-refractivity contribution in [2.24, 2.45) is 11.8 Å². The van der Waals surface area contributed by atoms with Crippen LogP contribution in [0.2, 0.25) is 0 Å². The topological polar surface area (TPSA) is 37.3 Å². The highest BCUT2D eigenvalue weighted by atomic mass is 16.3. The Morgan fingerprint density at radius 3 is 2.00 bits per heavy atom. The van der Waals surface area contributed by atoms with Gasteiger partial charge in [0.25, 0.3) is 0 Å². The molecule has 0 aromatic rings. The summed E-state index contributed by atoms with van der Waals surface area (Å²) in [5.41, 5.74) is 0. The van der Waals surface area contributed by atoms with Crippen LogP contribution in [0.1, 0.15) is 34.1 Å². The van der Waals surface area contributed by atoms with Gasteiger partial charge in [0.15, 0.2) is 0 Å². The zero-order valence-electron chi connectivity index (χ0n) is 7.79. The highest BCUT2D eigenvalue weighted by molar-refractivity contribution is 5.80. The Hall–Kier alpha value is -0.370. The number of carbonyl (C=O) groups is 1. The first-order chi connectivity index (χ1) is 4.95. The van der Waals surface area contributed by atoms with Crippen molar-refractivity contribution in [3.05, 3.63) is 0 Å². The van der Waals surface area contributed by atoms with Crippen LogP contribution in [-0.2, 0) is 4.79 Å². The van der Waals surface area contributed by atoms with Crippen LogP contribution in [0.3, 0.4) is 0 Å². The fraction of sp³-hybridized carbons (Fsp3) is 0.889. The lowest BCUT2D eigenvalue weighted by Crippen LogP contribution is -2.21. The Labute approximate surface area is 68.6 Å². The monoisotopic (exact) mass is 158 g/mol. The minimum absolute atomic E-state index is 0.0448. The molecule has 0 saturated carbocycles. The Balaban J connectivity index is 3.76. The fourth-order valence-electron chi connectivity index (χ4n) is 0.678. The van der Waals surface area contributed by atoms with Crippen LogP contribution in [-0.4, -0.2) is 17.0 Å². The lowest BCUT2D eigenvalue weighted by atomic mass is 9.97. The zero-order chi connectivity index (χ0) is 9.02. The number of aliphatic hydroxyl groups excluding tert-OH is 1. The molecule has 0 aromatic carbocycles. The maximum absolute atomic E-state index is 11.1. The van der Waals surface area contributed by atoms with Crippen molar-refractivity contribution in [1.29, 1.82) is 0 Å². The van der Waals surface area contributed by atoms with Gasteiger partial charge in [-0.15, -0.1) is 0 Å². The van der Waals surface area contributed by atoms with Crippen LogP contribution in [0.4, 0.5) is 0 Å². The number of hydrogen-bond acceptors (Lipinski definition) is 2. The van der Waals surface area contributed by atoms with E-state index in [9.17, 15) is 9.90 Å². The quantitative estimate of drug-likeness (QED) is 0.675. The van der Waals surface area contributed by atoms with Crippen molar-refractivity contribution in [3.63, 3.8) is 0 Å². The third kappa shape index (κ3) is 4.14. The average molecular weight is 158 g/mol. The highest BCUT2D eigenvalue weighted by Gasteiger charge is 2.15. The van der Waals surface area contributed by atoms with Crippen molar-refractivity contribution in [2.75, 3.05) is 0 Å². The summed E-state index contributed by atoms with van der Waals surface area (Å²) in [5, 5.41) is 9.32. The molecule has 2 nitrogen and oxygen atoms in total. The molecule has 0 spiro atoms. The Bertz CT molecular complexity index is 128. The molecular formula is C9H18O2. The summed E-state index contributed by atoms with van der Waals surface area (Å²) in [4.78, 5) is 11.1. The second-order valence-corrected chi connectivity index (χ2v) is 3.64. The van der Waals surface area contributed by atoms with E-state index in [1.807, 2.05) is 27.7 Å². The van der Waals surface area contributed by atoms with Crippen LogP contribution in [0.25, 0.3) is 0 Å². The van der Waals surface area contributed by atoms with E-state index in [1.165, 1.54) is 0 Å². The van der Waals surface area contributed by atoms with Gasteiger partial charge in [0, 0.05) is 12.3 Å². The number of ketones is 1.